The van der Waals surface area contributed by atoms with Crippen molar-refractivity contribution >= 4 is 0 Å². The van der Waals surface area contributed by atoms with E-state index in [9.17, 15) is 31.4 Å². The molecule has 0 atom stereocenters. The molecular weight excluding hydrogens is 254 g/mol. The van der Waals surface area contributed by atoms with E-state index in [1.165, 1.54) is 13.8 Å². The lowest BCUT2D eigenvalue weighted by Crippen LogP contribution is -2.56. The van der Waals surface area contributed by atoms with Crippen LogP contribution >= 0.6 is 0 Å². The molecule has 8 heteroatoms. The lowest BCUT2D eigenvalue weighted by Gasteiger charge is -2.32. The Kier molecular flexibility index (Phi) is 4.50. The standard InChI is InChI=1S/C9H14F6O2/c1-6(2,16)4-3-5-7(17,8(10,11)12)9(13,14)15/h16-17H,3-5H2,1-2H3. The van der Waals surface area contributed by atoms with Gasteiger partial charge in [0.05, 0.1) is 5.60 Å². The number of halogens is 6. The molecule has 0 aromatic rings. The molecule has 0 radical (unpaired) electrons. The summed E-state index contributed by atoms with van der Waals surface area (Å²) >= 11 is 0. The monoisotopic (exact) mass is 268 g/mol. The van der Waals surface area contributed by atoms with E-state index in [4.69, 9.17) is 5.11 Å². The van der Waals surface area contributed by atoms with Crippen LogP contribution in [0.2, 0.25) is 0 Å². The van der Waals surface area contributed by atoms with Crippen molar-refractivity contribution in [2.45, 2.75) is 56.7 Å². The normalized spacial score (nSPS) is 15.2. The fourth-order valence-electron chi connectivity index (χ4n) is 1.22. The zero-order valence-corrected chi connectivity index (χ0v) is 9.28. The summed E-state index contributed by atoms with van der Waals surface area (Å²) in [5.41, 5.74) is -6.09. The molecule has 0 amide bonds. The molecule has 0 aromatic carbocycles. The Hall–Kier alpha value is -0.500. The summed E-state index contributed by atoms with van der Waals surface area (Å²) in [5.74, 6) is 0. The average molecular weight is 268 g/mol. The minimum Gasteiger partial charge on any atom is -0.390 e. The number of alkyl halides is 6. The first-order chi connectivity index (χ1) is 7.21. The highest BCUT2D eigenvalue weighted by atomic mass is 19.4. The van der Waals surface area contributed by atoms with Crippen LogP contribution in [0.5, 0.6) is 0 Å². The lowest BCUT2D eigenvalue weighted by molar-refractivity contribution is -0.370. The minimum absolute atomic E-state index is 0.276. The van der Waals surface area contributed by atoms with Gasteiger partial charge < -0.3 is 10.2 Å². The van der Waals surface area contributed by atoms with Crippen LogP contribution in [0.25, 0.3) is 0 Å². The molecule has 0 saturated carbocycles. The fraction of sp³-hybridized carbons (Fsp3) is 1.00. The van der Waals surface area contributed by atoms with Crippen molar-refractivity contribution in [3.05, 3.63) is 0 Å². The third-order valence-electron chi connectivity index (χ3n) is 2.27. The van der Waals surface area contributed by atoms with Crippen molar-refractivity contribution in [3.63, 3.8) is 0 Å². The van der Waals surface area contributed by atoms with Crippen molar-refractivity contribution in [2.24, 2.45) is 0 Å². The van der Waals surface area contributed by atoms with Crippen molar-refractivity contribution in [1.29, 1.82) is 0 Å². The highest BCUT2D eigenvalue weighted by Gasteiger charge is 2.69. The van der Waals surface area contributed by atoms with Gasteiger partial charge in [-0.3, -0.25) is 0 Å². The van der Waals surface area contributed by atoms with Gasteiger partial charge in [0, 0.05) is 0 Å². The smallest absolute Gasteiger partial charge is 0.390 e. The molecule has 0 rings (SSSR count). The average Bonchev–Trinajstić information content (AvgIpc) is 1.96. The molecule has 0 heterocycles. The van der Waals surface area contributed by atoms with Crippen LogP contribution in [0.15, 0.2) is 0 Å². The van der Waals surface area contributed by atoms with E-state index in [1.807, 2.05) is 0 Å². The van der Waals surface area contributed by atoms with Crippen molar-refractivity contribution in [3.8, 4) is 0 Å². The van der Waals surface area contributed by atoms with Gasteiger partial charge in [0.15, 0.2) is 0 Å². The second kappa shape index (κ2) is 4.64. The molecular formula is C9H14F6O2. The maximum absolute atomic E-state index is 12.2. The molecule has 0 saturated heterocycles. The summed E-state index contributed by atoms with van der Waals surface area (Å²) < 4.78 is 73.1. The number of rotatable bonds is 4. The van der Waals surface area contributed by atoms with Crippen molar-refractivity contribution < 1.29 is 36.6 Å². The van der Waals surface area contributed by atoms with Crippen LogP contribution < -0.4 is 0 Å². The van der Waals surface area contributed by atoms with E-state index in [2.05, 4.69) is 0 Å². The van der Waals surface area contributed by atoms with Gasteiger partial charge in [-0.25, -0.2) is 0 Å². The Bertz CT molecular complexity index is 236. The van der Waals surface area contributed by atoms with Gasteiger partial charge in [0.25, 0.3) is 5.60 Å². The molecule has 0 bridgehead atoms. The third-order valence-corrected chi connectivity index (χ3v) is 2.27. The first-order valence-electron chi connectivity index (χ1n) is 4.79. The van der Waals surface area contributed by atoms with Crippen molar-refractivity contribution in [2.75, 3.05) is 0 Å². The molecule has 0 aliphatic rings. The number of hydrogen-bond acceptors (Lipinski definition) is 2. The summed E-state index contributed by atoms with van der Waals surface area (Å²) in [7, 11) is 0. The van der Waals surface area contributed by atoms with Gasteiger partial charge in [-0.05, 0) is 33.1 Å². The largest absolute Gasteiger partial charge is 0.426 e. The molecule has 0 aliphatic carbocycles. The first-order valence-corrected chi connectivity index (χ1v) is 4.79. The van der Waals surface area contributed by atoms with Gasteiger partial charge in [0.2, 0.25) is 0 Å². The van der Waals surface area contributed by atoms with Crippen LogP contribution in [0.1, 0.15) is 33.1 Å². The van der Waals surface area contributed by atoms with E-state index >= 15 is 0 Å². The molecule has 0 spiro atoms. The van der Waals surface area contributed by atoms with Crippen LogP contribution in [-0.2, 0) is 0 Å². The van der Waals surface area contributed by atoms with Crippen LogP contribution in [0.4, 0.5) is 26.3 Å². The van der Waals surface area contributed by atoms with Gasteiger partial charge in [-0.15, -0.1) is 0 Å². The van der Waals surface area contributed by atoms with Crippen LogP contribution in [0.3, 0.4) is 0 Å². The maximum Gasteiger partial charge on any atom is 0.426 e. The van der Waals surface area contributed by atoms with E-state index in [0.29, 0.717) is 0 Å². The Balaban J connectivity index is 4.77. The van der Waals surface area contributed by atoms with Crippen LogP contribution in [0, 0.1) is 0 Å². The molecule has 2 N–H and O–H groups in total. The summed E-state index contributed by atoms with van der Waals surface area (Å²) in [4.78, 5) is 0. The molecule has 17 heavy (non-hydrogen) atoms. The zero-order chi connectivity index (χ0) is 14.1. The highest BCUT2D eigenvalue weighted by molar-refractivity contribution is 4.93. The Morgan fingerprint density at radius 2 is 1.12 bits per heavy atom. The Labute approximate surface area is 94.2 Å². The number of aliphatic hydroxyl groups is 2. The van der Waals surface area contributed by atoms with Gasteiger partial charge in [0.1, 0.15) is 0 Å². The quantitative estimate of drug-likeness (QED) is 0.770. The van der Waals surface area contributed by atoms with E-state index in [1.54, 1.807) is 0 Å². The predicted octanol–water partition coefficient (Wildman–Crippen LogP) is 2.78. The molecule has 0 aliphatic heterocycles. The zero-order valence-electron chi connectivity index (χ0n) is 9.28. The van der Waals surface area contributed by atoms with Gasteiger partial charge >= 0.3 is 12.4 Å². The van der Waals surface area contributed by atoms with Gasteiger partial charge in [-0.1, -0.05) is 0 Å². The van der Waals surface area contributed by atoms with Gasteiger partial charge in [-0.2, -0.15) is 26.3 Å². The molecule has 0 fully saturated rings. The van der Waals surface area contributed by atoms with Crippen molar-refractivity contribution in [1.82, 2.24) is 0 Å². The summed E-state index contributed by atoms with van der Waals surface area (Å²) in [5, 5.41) is 17.9. The van der Waals surface area contributed by atoms with E-state index in [-0.39, 0.29) is 6.42 Å². The fourth-order valence-corrected chi connectivity index (χ4v) is 1.22. The highest BCUT2D eigenvalue weighted by Crippen LogP contribution is 2.46. The minimum atomic E-state index is -5.79. The summed E-state index contributed by atoms with van der Waals surface area (Å²) in [6, 6.07) is 0. The third kappa shape index (κ3) is 4.34. The summed E-state index contributed by atoms with van der Waals surface area (Å²) in [6.07, 6.45) is -14.0. The predicted molar refractivity (Wildman–Crippen MR) is 47.2 cm³/mol. The topological polar surface area (TPSA) is 40.5 Å². The SMILES string of the molecule is CC(C)(O)CCCC(O)(C(F)(F)F)C(F)(F)F. The van der Waals surface area contributed by atoms with E-state index < -0.39 is 36.4 Å². The van der Waals surface area contributed by atoms with E-state index in [0.717, 1.165) is 0 Å². The lowest BCUT2D eigenvalue weighted by atomic mass is 9.91. The maximum atomic E-state index is 12.2. The Morgan fingerprint density at radius 1 is 0.765 bits per heavy atom. The molecule has 104 valence electrons. The summed E-state index contributed by atoms with van der Waals surface area (Å²) in [6.45, 7) is 2.51. The van der Waals surface area contributed by atoms with Crippen LogP contribution in [-0.4, -0.2) is 33.8 Å². The second-order valence-corrected chi connectivity index (χ2v) is 4.52. The number of hydrogen-bond donors (Lipinski definition) is 2. The molecule has 0 unspecified atom stereocenters. The first kappa shape index (κ1) is 16.5. The molecule has 0 aromatic heterocycles. The Morgan fingerprint density at radius 3 is 1.35 bits per heavy atom. The molecule has 2 nitrogen and oxygen atoms in total. The second-order valence-electron chi connectivity index (χ2n) is 4.52.